The quantitative estimate of drug-likeness (QED) is 0.0262. The fraction of sp³-hybridized carbons (Fsp3) is 0.667. The molecule has 0 spiro atoms. The van der Waals surface area contributed by atoms with Crippen LogP contribution in [0.1, 0.15) is 252 Å². The van der Waals surface area contributed by atoms with Gasteiger partial charge in [0.05, 0.1) is 0 Å². The van der Waals surface area contributed by atoms with Gasteiger partial charge in [0.25, 0.3) is 0 Å². The van der Waals surface area contributed by atoms with Crippen molar-refractivity contribution in [3.05, 3.63) is 109 Å². The first-order chi connectivity index (χ1) is 34.0. The summed E-state index contributed by atoms with van der Waals surface area (Å²) in [6.07, 6.45) is 76.4. The predicted molar refractivity (Wildman–Crippen MR) is 297 cm³/mol. The predicted octanol–water partition coefficient (Wildman–Crippen LogP) is 19.1. The van der Waals surface area contributed by atoms with E-state index in [1.54, 1.807) is 0 Å². The van der Waals surface area contributed by atoms with Crippen molar-refractivity contribution in [1.82, 2.24) is 0 Å². The minimum absolute atomic E-state index is 0.104. The Morgan fingerprint density at radius 3 is 0.913 bits per heavy atom. The summed E-state index contributed by atoms with van der Waals surface area (Å²) in [4.78, 5) is 38.1. The molecule has 0 radical (unpaired) electrons. The number of allylic oxidation sites excluding steroid dienone is 18. The molecule has 0 aliphatic heterocycles. The normalized spacial score (nSPS) is 12.9. The van der Waals surface area contributed by atoms with E-state index in [0.717, 1.165) is 116 Å². The molecule has 0 aliphatic rings. The van der Waals surface area contributed by atoms with Gasteiger partial charge in [0, 0.05) is 19.3 Å². The lowest BCUT2D eigenvalue weighted by Crippen LogP contribution is -2.30. The molecular weight excluding hydrogens is 853 g/mol. The van der Waals surface area contributed by atoms with Gasteiger partial charge in [0.2, 0.25) is 0 Å². The Kier molecular flexibility index (Phi) is 53.4. The minimum atomic E-state index is -0.811. The van der Waals surface area contributed by atoms with Crippen LogP contribution < -0.4 is 0 Å². The lowest BCUT2D eigenvalue weighted by Gasteiger charge is -2.18. The van der Waals surface area contributed by atoms with E-state index < -0.39 is 6.10 Å². The van der Waals surface area contributed by atoms with E-state index >= 15 is 0 Å². The molecule has 6 heteroatoms. The summed E-state index contributed by atoms with van der Waals surface area (Å²) in [6, 6.07) is 0. The summed E-state index contributed by atoms with van der Waals surface area (Å²) in [5, 5.41) is 0. The van der Waals surface area contributed by atoms with E-state index in [4.69, 9.17) is 14.2 Å². The molecule has 6 nitrogen and oxygen atoms in total. The monoisotopic (exact) mass is 957 g/mol. The van der Waals surface area contributed by atoms with Crippen LogP contribution in [0.5, 0.6) is 0 Å². The molecule has 69 heavy (non-hydrogen) atoms. The molecule has 0 rings (SSSR count). The fourth-order valence-electron chi connectivity index (χ4n) is 7.47. The summed E-state index contributed by atoms with van der Waals surface area (Å²) < 4.78 is 16.8. The summed E-state index contributed by atoms with van der Waals surface area (Å²) in [5.74, 6) is -0.974. The van der Waals surface area contributed by atoms with Crippen LogP contribution in [0.2, 0.25) is 0 Å². The number of unbranched alkanes of at least 4 members (excludes halogenated alkanes) is 21. The molecule has 0 fully saturated rings. The van der Waals surface area contributed by atoms with Crippen molar-refractivity contribution in [3.8, 4) is 0 Å². The SMILES string of the molecule is CC/C=C\C/C=C\C/C=C\C/C=C\CCCCC(=O)OC[C@H](COC(=O)CCCCCCCCCCC/C=C\C/C=C\CCCCC)OC(=O)CCCCCC/C=C\C/C=C\C/C=C\CCCCC. The fourth-order valence-corrected chi connectivity index (χ4v) is 7.47. The Morgan fingerprint density at radius 1 is 0.304 bits per heavy atom. The highest BCUT2D eigenvalue weighted by Gasteiger charge is 2.19. The molecule has 1 atom stereocenters. The second-order valence-corrected chi connectivity index (χ2v) is 18.5. The lowest BCUT2D eigenvalue weighted by atomic mass is 10.1. The third-order valence-corrected chi connectivity index (χ3v) is 11.7. The molecule has 0 heterocycles. The zero-order valence-corrected chi connectivity index (χ0v) is 44.8. The number of esters is 3. The molecule has 0 aromatic rings. The van der Waals surface area contributed by atoms with E-state index in [2.05, 4.69) is 130 Å². The average molecular weight is 958 g/mol. The molecule has 0 aromatic carbocycles. The molecule has 0 N–H and O–H groups in total. The largest absolute Gasteiger partial charge is 0.462 e. The number of hydrogen-bond donors (Lipinski definition) is 0. The van der Waals surface area contributed by atoms with Gasteiger partial charge in [0.1, 0.15) is 13.2 Å². The maximum atomic E-state index is 12.8. The molecule has 0 unspecified atom stereocenters. The summed E-state index contributed by atoms with van der Waals surface area (Å²) in [7, 11) is 0. The van der Waals surface area contributed by atoms with Gasteiger partial charge in [-0.25, -0.2) is 0 Å². The molecule has 0 saturated carbocycles. The number of ether oxygens (including phenoxy) is 3. The Labute approximate surface area is 425 Å². The van der Waals surface area contributed by atoms with Crippen molar-refractivity contribution < 1.29 is 28.6 Å². The van der Waals surface area contributed by atoms with Gasteiger partial charge in [-0.15, -0.1) is 0 Å². The first kappa shape index (κ1) is 65.1. The molecule has 0 bridgehead atoms. The Hall–Kier alpha value is -3.93. The molecule has 0 amide bonds. The van der Waals surface area contributed by atoms with Crippen LogP contribution in [0.15, 0.2) is 109 Å². The van der Waals surface area contributed by atoms with E-state index in [9.17, 15) is 14.4 Å². The highest BCUT2D eigenvalue weighted by molar-refractivity contribution is 5.71. The summed E-state index contributed by atoms with van der Waals surface area (Å²) >= 11 is 0. The van der Waals surface area contributed by atoms with Crippen molar-refractivity contribution in [3.63, 3.8) is 0 Å². The Morgan fingerprint density at radius 2 is 0.565 bits per heavy atom. The second-order valence-electron chi connectivity index (χ2n) is 18.5. The maximum absolute atomic E-state index is 12.8. The molecular formula is C63H104O6. The second kappa shape index (κ2) is 56.7. The first-order valence-electron chi connectivity index (χ1n) is 28.4. The van der Waals surface area contributed by atoms with Crippen molar-refractivity contribution in [2.45, 2.75) is 258 Å². The van der Waals surface area contributed by atoms with Gasteiger partial charge in [-0.1, -0.05) is 214 Å². The number of hydrogen-bond acceptors (Lipinski definition) is 6. The van der Waals surface area contributed by atoms with Crippen LogP contribution in [0.4, 0.5) is 0 Å². The van der Waals surface area contributed by atoms with Crippen LogP contribution in [0, 0.1) is 0 Å². The van der Waals surface area contributed by atoms with E-state index in [1.807, 2.05) is 0 Å². The van der Waals surface area contributed by atoms with Crippen molar-refractivity contribution in [2.24, 2.45) is 0 Å². The van der Waals surface area contributed by atoms with Crippen molar-refractivity contribution in [2.75, 3.05) is 13.2 Å². The van der Waals surface area contributed by atoms with Crippen LogP contribution in [-0.2, 0) is 28.6 Å². The summed E-state index contributed by atoms with van der Waals surface area (Å²) in [6.45, 7) is 6.41. The topological polar surface area (TPSA) is 78.9 Å². The average Bonchev–Trinajstić information content (AvgIpc) is 3.35. The van der Waals surface area contributed by atoms with Crippen LogP contribution in [0.25, 0.3) is 0 Å². The van der Waals surface area contributed by atoms with E-state index in [1.165, 1.54) is 96.3 Å². The maximum Gasteiger partial charge on any atom is 0.306 e. The first-order valence-corrected chi connectivity index (χ1v) is 28.4. The number of carbonyl (C=O) groups excluding carboxylic acids is 3. The number of carbonyl (C=O) groups is 3. The zero-order chi connectivity index (χ0) is 50.0. The molecule has 0 aliphatic carbocycles. The standard InChI is InChI=1S/C63H104O6/c1-4-7-10-13-16-19-22-25-28-30-31-33-35-38-41-44-47-50-53-56-62(65)68-59-60(58-67-61(64)55-52-49-46-43-40-37-34-27-24-21-18-15-12-9-6-3)69-63(66)57-54-51-48-45-42-39-36-32-29-26-23-20-17-14-11-8-5-2/h9,12,16-21,25-29,34,36,39-40,43,60H,4-8,10-11,13-15,22-24,30-33,35,37-38,41-42,44-59H2,1-3H3/b12-9-,19-16-,20-17-,21-18-,28-25-,29-26-,34-27-,39-36-,43-40-/t60-/m1/s1. The van der Waals surface area contributed by atoms with Crippen LogP contribution >= 0.6 is 0 Å². The number of rotatable bonds is 50. The van der Waals surface area contributed by atoms with Gasteiger partial charge in [-0.05, 0) is 128 Å². The highest BCUT2D eigenvalue weighted by Crippen LogP contribution is 2.14. The Bertz CT molecular complexity index is 1420. The van der Waals surface area contributed by atoms with E-state index in [0.29, 0.717) is 12.8 Å². The summed E-state index contributed by atoms with van der Waals surface area (Å²) in [5.41, 5.74) is 0. The lowest BCUT2D eigenvalue weighted by molar-refractivity contribution is -0.167. The van der Waals surface area contributed by atoms with Crippen LogP contribution in [-0.4, -0.2) is 37.2 Å². The molecule has 0 aromatic heterocycles. The van der Waals surface area contributed by atoms with Crippen LogP contribution in [0.3, 0.4) is 0 Å². The van der Waals surface area contributed by atoms with E-state index in [-0.39, 0.29) is 37.5 Å². The van der Waals surface area contributed by atoms with Crippen molar-refractivity contribution >= 4 is 17.9 Å². The minimum Gasteiger partial charge on any atom is -0.462 e. The van der Waals surface area contributed by atoms with Gasteiger partial charge in [-0.3, -0.25) is 14.4 Å². The third-order valence-electron chi connectivity index (χ3n) is 11.7. The third kappa shape index (κ3) is 54.9. The smallest absolute Gasteiger partial charge is 0.306 e. The van der Waals surface area contributed by atoms with Gasteiger partial charge < -0.3 is 14.2 Å². The van der Waals surface area contributed by atoms with Gasteiger partial charge >= 0.3 is 17.9 Å². The van der Waals surface area contributed by atoms with Crippen molar-refractivity contribution in [1.29, 1.82) is 0 Å². The Balaban J connectivity index is 4.49. The zero-order valence-electron chi connectivity index (χ0n) is 44.8. The van der Waals surface area contributed by atoms with Gasteiger partial charge in [-0.2, -0.15) is 0 Å². The molecule has 392 valence electrons. The molecule has 0 saturated heterocycles. The highest BCUT2D eigenvalue weighted by atomic mass is 16.6. The van der Waals surface area contributed by atoms with Gasteiger partial charge in [0.15, 0.2) is 6.10 Å².